The molecule has 1 heterocycles. The predicted octanol–water partition coefficient (Wildman–Crippen LogP) is 4.02. The zero-order valence-corrected chi connectivity index (χ0v) is 17.4. The normalized spacial score (nSPS) is 10.4. The number of benzene rings is 2. The molecule has 1 N–H and O–H groups in total. The van der Waals surface area contributed by atoms with Gasteiger partial charge in [0.25, 0.3) is 0 Å². The van der Waals surface area contributed by atoms with Crippen molar-refractivity contribution in [1.82, 2.24) is 9.55 Å². The third kappa shape index (κ3) is 5.23. The van der Waals surface area contributed by atoms with Crippen LogP contribution in [-0.2, 0) is 4.79 Å². The molecule has 8 heteroatoms. The number of carbonyl (C=O) groups excluding carboxylic acids is 1. The fourth-order valence-electron chi connectivity index (χ4n) is 2.68. The van der Waals surface area contributed by atoms with Crippen LogP contribution < -0.4 is 19.5 Å². The Bertz CT molecular complexity index is 957. The number of rotatable bonds is 9. The van der Waals surface area contributed by atoms with Crippen molar-refractivity contribution in [3.05, 3.63) is 54.9 Å². The number of carbonyl (C=O) groups is 1. The van der Waals surface area contributed by atoms with Crippen LogP contribution in [0, 0.1) is 0 Å². The molecule has 3 rings (SSSR count). The highest BCUT2D eigenvalue weighted by molar-refractivity contribution is 7.99. The van der Waals surface area contributed by atoms with Gasteiger partial charge in [-0.2, -0.15) is 0 Å². The number of nitrogens with zero attached hydrogens (tertiary/aromatic N) is 2. The second-order valence-electron chi connectivity index (χ2n) is 5.91. The molecular weight excluding hydrogens is 390 g/mol. The zero-order chi connectivity index (χ0) is 20.6. The third-order valence-electron chi connectivity index (χ3n) is 4.04. The number of aromatic nitrogens is 2. The van der Waals surface area contributed by atoms with Gasteiger partial charge in [0.1, 0.15) is 5.75 Å². The molecule has 0 aliphatic carbocycles. The first-order valence-corrected chi connectivity index (χ1v) is 10.0. The Labute approximate surface area is 174 Å². The van der Waals surface area contributed by atoms with Gasteiger partial charge in [0.2, 0.25) is 5.91 Å². The van der Waals surface area contributed by atoms with Gasteiger partial charge in [-0.15, -0.1) is 0 Å². The molecule has 2 aromatic carbocycles. The van der Waals surface area contributed by atoms with E-state index in [2.05, 4.69) is 10.3 Å². The number of hydrogen-bond donors (Lipinski definition) is 1. The number of methoxy groups -OCH3 is 2. The van der Waals surface area contributed by atoms with Crippen molar-refractivity contribution in [3.8, 4) is 22.9 Å². The minimum atomic E-state index is -0.134. The minimum absolute atomic E-state index is 0.134. The van der Waals surface area contributed by atoms with E-state index in [9.17, 15) is 4.79 Å². The van der Waals surface area contributed by atoms with E-state index in [1.165, 1.54) is 11.8 Å². The second kappa shape index (κ2) is 9.88. The maximum Gasteiger partial charge on any atom is 0.234 e. The van der Waals surface area contributed by atoms with Gasteiger partial charge in [0.05, 0.1) is 26.6 Å². The third-order valence-corrected chi connectivity index (χ3v) is 5.00. The van der Waals surface area contributed by atoms with Crippen molar-refractivity contribution >= 4 is 23.4 Å². The smallest absolute Gasteiger partial charge is 0.234 e. The largest absolute Gasteiger partial charge is 0.497 e. The molecule has 0 saturated carbocycles. The molecule has 152 valence electrons. The summed E-state index contributed by atoms with van der Waals surface area (Å²) in [4.78, 5) is 16.7. The van der Waals surface area contributed by atoms with Gasteiger partial charge < -0.3 is 19.5 Å². The maximum atomic E-state index is 12.4. The molecular formula is C21H23N3O4S. The number of hydrogen-bond acceptors (Lipinski definition) is 6. The van der Waals surface area contributed by atoms with Gasteiger partial charge >= 0.3 is 0 Å². The molecule has 0 atom stereocenters. The number of amides is 1. The molecule has 1 aromatic heterocycles. The summed E-state index contributed by atoms with van der Waals surface area (Å²) in [5.41, 5.74) is 1.59. The van der Waals surface area contributed by atoms with Crippen molar-refractivity contribution in [2.45, 2.75) is 12.1 Å². The first-order valence-electron chi connectivity index (χ1n) is 9.06. The van der Waals surface area contributed by atoms with Crippen LogP contribution in [0.5, 0.6) is 17.2 Å². The maximum absolute atomic E-state index is 12.4. The van der Waals surface area contributed by atoms with E-state index in [4.69, 9.17) is 14.2 Å². The predicted molar refractivity (Wildman–Crippen MR) is 114 cm³/mol. The van der Waals surface area contributed by atoms with Crippen molar-refractivity contribution < 1.29 is 19.0 Å². The van der Waals surface area contributed by atoms with Crippen molar-refractivity contribution in [1.29, 1.82) is 0 Å². The average molecular weight is 413 g/mol. The Morgan fingerprint density at radius 2 is 1.90 bits per heavy atom. The van der Waals surface area contributed by atoms with E-state index in [1.54, 1.807) is 38.6 Å². The molecule has 0 bridgehead atoms. The van der Waals surface area contributed by atoms with Crippen LogP contribution in [0.3, 0.4) is 0 Å². The summed E-state index contributed by atoms with van der Waals surface area (Å²) in [5.74, 6) is 2.10. The Hall–Kier alpha value is -3.13. The van der Waals surface area contributed by atoms with Gasteiger partial charge in [-0.3, -0.25) is 9.36 Å². The number of nitrogens with one attached hydrogen (secondary N) is 1. The van der Waals surface area contributed by atoms with Gasteiger partial charge in [0.15, 0.2) is 16.7 Å². The van der Waals surface area contributed by atoms with Crippen LogP contribution in [0.25, 0.3) is 5.69 Å². The van der Waals surface area contributed by atoms with Gasteiger partial charge in [0, 0.05) is 29.8 Å². The van der Waals surface area contributed by atoms with Crippen molar-refractivity contribution in [2.24, 2.45) is 0 Å². The van der Waals surface area contributed by atoms with Crippen LogP contribution in [0.4, 0.5) is 5.69 Å². The highest BCUT2D eigenvalue weighted by Crippen LogP contribution is 2.30. The molecule has 0 spiro atoms. The molecule has 0 unspecified atom stereocenters. The lowest BCUT2D eigenvalue weighted by molar-refractivity contribution is -0.113. The van der Waals surface area contributed by atoms with Crippen LogP contribution in [0.1, 0.15) is 6.92 Å². The number of anilines is 1. The number of thioether (sulfide) groups is 1. The van der Waals surface area contributed by atoms with Crippen molar-refractivity contribution in [3.63, 3.8) is 0 Å². The highest BCUT2D eigenvalue weighted by Gasteiger charge is 2.11. The summed E-state index contributed by atoms with van der Waals surface area (Å²) >= 11 is 1.36. The standard InChI is InChI=1S/C21H23N3O4S/c1-4-28-18-10-5-15(13-19(18)27-3)23-20(25)14-29-21-22-11-12-24(21)16-6-8-17(26-2)9-7-16/h5-13H,4,14H2,1-3H3,(H,23,25). The Morgan fingerprint density at radius 3 is 2.59 bits per heavy atom. The summed E-state index contributed by atoms with van der Waals surface area (Å²) in [6, 6.07) is 13.0. The topological polar surface area (TPSA) is 74.6 Å². The van der Waals surface area contributed by atoms with E-state index < -0.39 is 0 Å². The van der Waals surface area contributed by atoms with Gasteiger partial charge in [-0.25, -0.2) is 4.98 Å². The summed E-state index contributed by atoms with van der Waals surface area (Å²) in [7, 11) is 3.20. The number of ether oxygens (including phenoxy) is 3. The molecule has 1 amide bonds. The average Bonchev–Trinajstić information content (AvgIpc) is 3.22. The summed E-state index contributed by atoms with van der Waals surface area (Å²) in [6.07, 6.45) is 3.57. The quantitative estimate of drug-likeness (QED) is 0.534. The summed E-state index contributed by atoms with van der Waals surface area (Å²) in [5, 5.41) is 3.60. The SMILES string of the molecule is CCOc1ccc(NC(=O)CSc2nccn2-c2ccc(OC)cc2)cc1OC. The molecule has 3 aromatic rings. The van der Waals surface area contributed by atoms with Crippen LogP contribution >= 0.6 is 11.8 Å². The van der Waals surface area contributed by atoms with Crippen LogP contribution in [0.2, 0.25) is 0 Å². The van der Waals surface area contributed by atoms with E-state index in [-0.39, 0.29) is 11.7 Å². The molecule has 0 fully saturated rings. The van der Waals surface area contributed by atoms with E-state index in [0.717, 1.165) is 16.6 Å². The monoisotopic (exact) mass is 413 g/mol. The molecule has 0 aliphatic rings. The molecule has 29 heavy (non-hydrogen) atoms. The Morgan fingerprint density at radius 1 is 1.10 bits per heavy atom. The summed E-state index contributed by atoms with van der Waals surface area (Å²) in [6.45, 7) is 2.45. The first kappa shape index (κ1) is 20.6. The fourth-order valence-corrected chi connectivity index (χ4v) is 3.46. The Balaban J connectivity index is 1.62. The van der Waals surface area contributed by atoms with Crippen LogP contribution in [0.15, 0.2) is 60.0 Å². The first-order chi connectivity index (χ1) is 14.1. The lowest BCUT2D eigenvalue weighted by atomic mass is 10.2. The van der Waals surface area contributed by atoms with Gasteiger partial charge in [-0.05, 0) is 43.3 Å². The second-order valence-corrected chi connectivity index (χ2v) is 6.86. The molecule has 0 saturated heterocycles. The fraction of sp³-hybridized carbons (Fsp3) is 0.238. The van der Waals surface area contributed by atoms with Crippen molar-refractivity contribution in [2.75, 3.05) is 31.9 Å². The lowest BCUT2D eigenvalue weighted by Gasteiger charge is -2.12. The zero-order valence-electron chi connectivity index (χ0n) is 16.5. The lowest BCUT2D eigenvalue weighted by Crippen LogP contribution is -2.14. The molecule has 0 radical (unpaired) electrons. The Kier molecular flexibility index (Phi) is 7.02. The highest BCUT2D eigenvalue weighted by atomic mass is 32.2. The van der Waals surface area contributed by atoms with Crippen LogP contribution in [-0.4, -0.2) is 42.0 Å². The molecule has 7 nitrogen and oxygen atoms in total. The van der Waals surface area contributed by atoms with E-state index in [0.29, 0.717) is 23.8 Å². The van der Waals surface area contributed by atoms with E-state index >= 15 is 0 Å². The van der Waals surface area contributed by atoms with E-state index in [1.807, 2.05) is 42.0 Å². The molecule has 0 aliphatic heterocycles. The summed E-state index contributed by atoms with van der Waals surface area (Å²) < 4.78 is 17.9. The number of imidazole rings is 1. The van der Waals surface area contributed by atoms with Gasteiger partial charge in [-0.1, -0.05) is 11.8 Å². The minimum Gasteiger partial charge on any atom is -0.497 e.